The molecule has 4 rings (SSSR count). The van der Waals surface area contributed by atoms with Crippen LogP contribution in [0.5, 0.6) is 5.75 Å². The van der Waals surface area contributed by atoms with Gasteiger partial charge in [0.25, 0.3) is 0 Å². The number of anilines is 1. The lowest BCUT2D eigenvalue weighted by atomic mass is 9.95. The van der Waals surface area contributed by atoms with E-state index < -0.39 is 0 Å². The van der Waals surface area contributed by atoms with E-state index >= 15 is 0 Å². The first-order valence-corrected chi connectivity index (χ1v) is 8.77. The Morgan fingerprint density at radius 2 is 1.50 bits per heavy atom. The van der Waals surface area contributed by atoms with Crippen molar-refractivity contribution in [1.29, 1.82) is 0 Å². The van der Waals surface area contributed by atoms with Crippen molar-refractivity contribution in [1.82, 2.24) is 0 Å². The van der Waals surface area contributed by atoms with Crippen molar-refractivity contribution in [2.75, 3.05) is 5.73 Å². The molecule has 0 saturated carbocycles. The molecule has 0 aromatic heterocycles. The number of ether oxygens (including phenoxy) is 1. The largest absolute Gasteiger partial charge is 0.487 e. The van der Waals surface area contributed by atoms with E-state index in [4.69, 9.17) is 10.5 Å². The van der Waals surface area contributed by atoms with Crippen LogP contribution in [0.2, 0.25) is 0 Å². The Labute approximate surface area is 153 Å². The number of benzene rings is 4. The summed E-state index contributed by atoms with van der Waals surface area (Å²) in [6.07, 6.45) is 0. The van der Waals surface area contributed by atoms with Crippen LogP contribution in [0.4, 0.5) is 5.69 Å². The van der Waals surface area contributed by atoms with Crippen LogP contribution in [-0.2, 0) is 6.61 Å². The van der Waals surface area contributed by atoms with Gasteiger partial charge in [-0.05, 0) is 52.1 Å². The average molecular weight is 339 g/mol. The lowest BCUT2D eigenvalue weighted by molar-refractivity contribution is 0.308. The fraction of sp³-hybridized carbons (Fsp3) is 0.0833. The molecule has 0 aliphatic rings. The molecule has 0 unspecified atom stereocenters. The predicted molar refractivity (Wildman–Crippen MR) is 109 cm³/mol. The maximum absolute atomic E-state index is 5.92. The Kier molecular flexibility index (Phi) is 4.32. The van der Waals surface area contributed by atoms with Crippen LogP contribution in [0.1, 0.15) is 11.1 Å². The number of hydrogen-bond acceptors (Lipinski definition) is 2. The van der Waals surface area contributed by atoms with Gasteiger partial charge in [-0.1, -0.05) is 72.8 Å². The van der Waals surface area contributed by atoms with Gasteiger partial charge in [-0.15, -0.1) is 0 Å². The highest BCUT2D eigenvalue weighted by atomic mass is 16.5. The van der Waals surface area contributed by atoms with Gasteiger partial charge in [0.2, 0.25) is 0 Å². The van der Waals surface area contributed by atoms with E-state index in [0.717, 1.165) is 11.3 Å². The third kappa shape index (κ3) is 3.14. The summed E-state index contributed by atoms with van der Waals surface area (Å²) in [5, 5.41) is 2.58. The smallest absolute Gasteiger partial charge is 0.142 e. The van der Waals surface area contributed by atoms with Gasteiger partial charge in [0.05, 0.1) is 5.69 Å². The zero-order chi connectivity index (χ0) is 17.9. The van der Waals surface area contributed by atoms with Gasteiger partial charge in [-0.3, -0.25) is 0 Å². The molecule has 0 amide bonds. The Hall–Kier alpha value is -3.26. The monoisotopic (exact) mass is 339 g/mol. The normalized spacial score (nSPS) is 10.8. The molecule has 0 spiro atoms. The van der Waals surface area contributed by atoms with E-state index in [0.29, 0.717) is 12.3 Å². The number of nitrogen functional groups attached to an aromatic ring is 1. The molecular weight excluding hydrogens is 318 g/mol. The standard InChI is InChI=1S/C24H21NO/c1-17-21-7-3-2-6-19(21)14-15-22(17)20-12-10-18(11-13-20)16-26-24-9-5-4-8-23(24)25/h2-15H,16,25H2,1H3. The van der Waals surface area contributed by atoms with Crippen LogP contribution in [0.15, 0.2) is 84.9 Å². The van der Waals surface area contributed by atoms with E-state index in [1.54, 1.807) is 0 Å². The van der Waals surface area contributed by atoms with Crippen LogP contribution < -0.4 is 10.5 Å². The fourth-order valence-corrected chi connectivity index (χ4v) is 3.29. The molecule has 0 saturated heterocycles. The summed E-state index contributed by atoms with van der Waals surface area (Å²) in [6.45, 7) is 2.69. The van der Waals surface area contributed by atoms with E-state index in [1.807, 2.05) is 24.3 Å². The number of nitrogens with two attached hydrogens (primary N) is 1. The average Bonchev–Trinajstić information content (AvgIpc) is 2.68. The minimum absolute atomic E-state index is 0.505. The summed E-state index contributed by atoms with van der Waals surface area (Å²) in [5.74, 6) is 0.724. The van der Waals surface area contributed by atoms with Gasteiger partial charge in [0, 0.05) is 0 Å². The summed E-state index contributed by atoms with van der Waals surface area (Å²) < 4.78 is 5.82. The van der Waals surface area contributed by atoms with E-state index in [1.165, 1.54) is 27.5 Å². The van der Waals surface area contributed by atoms with Crippen molar-refractivity contribution in [2.45, 2.75) is 13.5 Å². The molecule has 4 aromatic carbocycles. The van der Waals surface area contributed by atoms with Crippen LogP contribution in [-0.4, -0.2) is 0 Å². The molecule has 0 radical (unpaired) electrons. The molecule has 0 atom stereocenters. The summed E-state index contributed by atoms with van der Waals surface area (Å²) in [5.41, 5.74) is 11.5. The quantitative estimate of drug-likeness (QED) is 0.464. The Morgan fingerprint density at radius 1 is 0.769 bits per heavy atom. The maximum atomic E-state index is 5.92. The number of fused-ring (bicyclic) bond motifs is 1. The van der Waals surface area contributed by atoms with Gasteiger partial charge in [-0.25, -0.2) is 0 Å². The fourth-order valence-electron chi connectivity index (χ4n) is 3.29. The molecule has 4 aromatic rings. The Morgan fingerprint density at radius 3 is 2.31 bits per heavy atom. The zero-order valence-electron chi connectivity index (χ0n) is 14.8. The minimum Gasteiger partial charge on any atom is -0.487 e. The summed E-state index contributed by atoms with van der Waals surface area (Å²) >= 11 is 0. The maximum Gasteiger partial charge on any atom is 0.142 e. The predicted octanol–water partition coefficient (Wildman–Crippen LogP) is 5.98. The van der Waals surface area contributed by atoms with E-state index in [-0.39, 0.29) is 0 Å². The molecule has 2 N–H and O–H groups in total. The first-order valence-electron chi connectivity index (χ1n) is 8.77. The summed E-state index contributed by atoms with van der Waals surface area (Å²) in [4.78, 5) is 0. The molecule has 0 heterocycles. The minimum atomic E-state index is 0.505. The topological polar surface area (TPSA) is 35.2 Å². The number of aryl methyl sites for hydroxylation is 1. The first-order chi connectivity index (χ1) is 12.7. The van der Waals surface area contributed by atoms with Gasteiger partial charge >= 0.3 is 0 Å². The molecule has 0 fully saturated rings. The highest BCUT2D eigenvalue weighted by molar-refractivity contribution is 5.91. The lowest BCUT2D eigenvalue weighted by Crippen LogP contribution is -1.98. The highest BCUT2D eigenvalue weighted by Gasteiger charge is 2.06. The van der Waals surface area contributed by atoms with Gasteiger partial charge in [0.1, 0.15) is 12.4 Å². The van der Waals surface area contributed by atoms with Crippen molar-refractivity contribution in [3.8, 4) is 16.9 Å². The molecule has 0 aliphatic heterocycles. The number of hydrogen-bond donors (Lipinski definition) is 1. The molecule has 2 nitrogen and oxygen atoms in total. The number of rotatable bonds is 4. The van der Waals surface area contributed by atoms with Crippen molar-refractivity contribution >= 4 is 16.5 Å². The van der Waals surface area contributed by atoms with E-state index in [2.05, 4.69) is 67.6 Å². The molecular formula is C24H21NO. The SMILES string of the molecule is Cc1c(-c2ccc(COc3ccccc3N)cc2)ccc2ccccc12. The van der Waals surface area contributed by atoms with Crippen LogP contribution in [0, 0.1) is 6.92 Å². The van der Waals surface area contributed by atoms with Crippen LogP contribution >= 0.6 is 0 Å². The highest BCUT2D eigenvalue weighted by Crippen LogP contribution is 2.30. The summed E-state index contributed by atoms with van der Waals surface area (Å²) in [7, 11) is 0. The first kappa shape index (κ1) is 16.2. The third-order valence-corrected chi connectivity index (χ3v) is 4.78. The van der Waals surface area contributed by atoms with Gasteiger partial charge in [0.15, 0.2) is 0 Å². The summed E-state index contributed by atoms with van der Waals surface area (Å²) in [6, 6.07) is 29.0. The zero-order valence-corrected chi connectivity index (χ0v) is 14.8. The Balaban J connectivity index is 1.56. The van der Waals surface area contributed by atoms with Crippen molar-refractivity contribution in [2.24, 2.45) is 0 Å². The second kappa shape index (κ2) is 6.93. The molecule has 2 heteroatoms. The molecule has 128 valence electrons. The number of para-hydroxylation sites is 2. The van der Waals surface area contributed by atoms with Gasteiger partial charge < -0.3 is 10.5 Å². The molecule has 0 bridgehead atoms. The third-order valence-electron chi connectivity index (χ3n) is 4.78. The lowest BCUT2D eigenvalue weighted by Gasteiger charge is -2.11. The Bertz CT molecular complexity index is 1050. The van der Waals surface area contributed by atoms with E-state index in [9.17, 15) is 0 Å². The second-order valence-electron chi connectivity index (χ2n) is 6.48. The van der Waals surface area contributed by atoms with Crippen LogP contribution in [0.25, 0.3) is 21.9 Å². The van der Waals surface area contributed by atoms with Crippen LogP contribution in [0.3, 0.4) is 0 Å². The van der Waals surface area contributed by atoms with Crippen molar-refractivity contribution < 1.29 is 4.74 Å². The molecule has 26 heavy (non-hydrogen) atoms. The second-order valence-corrected chi connectivity index (χ2v) is 6.48. The van der Waals surface area contributed by atoms with Gasteiger partial charge in [-0.2, -0.15) is 0 Å². The molecule has 0 aliphatic carbocycles. The van der Waals surface area contributed by atoms with Crippen molar-refractivity contribution in [3.63, 3.8) is 0 Å². The van der Waals surface area contributed by atoms with Crippen molar-refractivity contribution in [3.05, 3.63) is 96.1 Å².